The molecule has 0 saturated heterocycles. The van der Waals surface area contributed by atoms with Crippen molar-refractivity contribution < 1.29 is 19.5 Å². The Kier molecular flexibility index (Phi) is 10.2. The summed E-state index contributed by atoms with van der Waals surface area (Å²) in [5.41, 5.74) is 12.0. The van der Waals surface area contributed by atoms with Crippen LogP contribution in [0.4, 0.5) is 0 Å². The first-order valence-corrected chi connectivity index (χ1v) is 9.56. The number of unbranched alkanes of at least 4 members (excludes halogenated alkanes) is 1. The molecule has 10 nitrogen and oxygen atoms in total. The summed E-state index contributed by atoms with van der Waals surface area (Å²) < 4.78 is 0. The smallest absolute Gasteiger partial charge is 0.326 e. The van der Waals surface area contributed by atoms with Gasteiger partial charge in [0.2, 0.25) is 11.8 Å². The van der Waals surface area contributed by atoms with E-state index in [1.165, 1.54) is 12.5 Å². The van der Waals surface area contributed by atoms with Crippen LogP contribution >= 0.6 is 0 Å². The van der Waals surface area contributed by atoms with Gasteiger partial charge in [-0.25, -0.2) is 9.78 Å². The van der Waals surface area contributed by atoms with E-state index in [-0.39, 0.29) is 18.8 Å². The third-order valence-electron chi connectivity index (χ3n) is 4.73. The number of hydrogen-bond acceptors (Lipinski definition) is 6. The summed E-state index contributed by atoms with van der Waals surface area (Å²) in [7, 11) is 0. The fourth-order valence-electron chi connectivity index (χ4n) is 2.63. The van der Waals surface area contributed by atoms with Gasteiger partial charge in [0.15, 0.2) is 0 Å². The number of imidazole rings is 1. The molecular formula is C18H32N6O4. The molecule has 0 radical (unpaired) electrons. The number of nitrogens with two attached hydrogens (primary N) is 2. The van der Waals surface area contributed by atoms with Gasteiger partial charge in [0, 0.05) is 18.3 Å². The summed E-state index contributed by atoms with van der Waals surface area (Å²) in [5.74, 6) is -2.23. The van der Waals surface area contributed by atoms with Gasteiger partial charge in [-0.1, -0.05) is 20.3 Å². The van der Waals surface area contributed by atoms with Gasteiger partial charge in [0.25, 0.3) is 0 Å². The Hall–Kier alpha value is -2.46. The van der Waals surface area contributed by atoms with Gasteiger partial charge in [0.1, 0.15) is 12.1 Å². The van der Waals surface area contributed by atoms with E-state index in [1.807, 2.05) is 13.8 Å². The minimum Gasteiger partial charge on any atom is -0.480 e. The lowest BCUT2D eigenvalue weighted by Crippen LogP contribution is -2.56. The second kappa shape index (κ2) is 12.1. The van der Waals surface area contributed by atoms with Crippen molar-refractivity contribution in [2.45, 2.75) is 64.1 Å². The number of nitrogens with zero attached hydrogens (tertiary/aromatic N) is 1. The fraction of sp³-hybridized carbons (Fsp3) is 0.667. The van der Waals surface area contributed by atoms with Crippen molar-refractivity contribution in [3.63, 3.8) is 0 Å². The molecule has 28 heavy (non-hydrogen) atoms. The number of hydrogen-bond donors (Lipinski definition) is 6. The molecule has 0 aliphatic carbocycles. The van der Waals surface area contributed by atoms with Crippen LogP contribution in [0.1, 0.15) is 45.2 Å². The number of aromatic amines is 1. The van der Waals surface area contributed by atoms with E-state index in [1.54, 1.807) is 0 Å². The molecule has 0 spiro atoms. The maximum Gasteiger partial charge on any atom is 0.326 e. The van der Waals surface area contributed by atoms with E-state index in [0.29, 0.717) is 31.5 Å². The number of carboxylic acid groups (broad SMARTS) is 1. The summed E-state index contributed by atoms with van der Waals surface area (Å²) in [4.78, 5) is 43.4. The molecule has 1 aromatic rings. The Morgan fingerprint density at radius 1 is 1.21 bits per heavy atom. The number of carboxylic acids is 1. The molecule has 158 valence electrons. The molecule has 2 amide bonds. The summed E-state index contributed by atoms with van der Waals surface area (Å²) >= 11 is 0. The van der Waals surface area contributed by atoms with Crippen LogP contribution in [0.3, 0.4) is 0 Å². The van der Waals surface area contributed by atoms with Crippen LogP contribution in [-0.4, -0.2) is 57.5 Å². The first-order chi connectivity index (χ1) is 13.3. The van der Waals surface area contributed by atoms with Crippen LogP contribution in [0.25, 0.3) is 0 Å². The lowest BCUT2D eigenvalue weighted by Gasteiger charge is -2.24. The van der Waals surface area contributed by atoms with E-state index in [4.69, 9.17) is 11.5 Å². The van der Waals surface area contributed by atoms with E-state index in [9.17, 15) is 19.5 Å². The van der Waals surface area contributed by atoms with Crippen molar-refractivity contribution in [3.8, 4) is 0 Å². The summed E-state index contributed by atoms with van der Waals surface area (Å²) in [6.45, 7) is 4.23. The molecule has 0 fully saturated rings. The molecule has 4 atom stereocenters. The maximum atomic E-state index is 12.7. The van der Waals surface area contributed by atoms with Crippen LogP contribution in [0.5, 0.6) is 0 Å². The van der Waals surface area contributed by atoms with Gasteiger partial charge < -0.3 is 32.2 Å². The molecule has 1 heterocycles. The minimum atomic E-state index is -1.13. The van der Waals surface area contributed by atoms with E-state index < -0.39 is 35.9 Å². The van der Waals surface area contributed by atoms with E-state index in [0.717, 1.165) is 0 Å². The predicted molar refractivity (Wildman–Crippen MR) is 104 cm³/mol. The fourth-order valence-corrected chi connectivity index (χ4v) is 2.63. The molecule has 0 saturated carbocycles. The van der Waals surface area contributed by atoms with E-state index in [2.05, 4.69) is 20.6 Å². The van der Waals surface area contributed by atoms with Crippen LogP contribution in [0.2, 0.25) is 0 Å². The zero-order valence-electron chi connectivity index (χ0n) is 16.5. The van der Waals surface area contributed by atoms with Crippen molar-refractivity contribution >= 4 is 17.8 Å². The highest BCUT2D eigenvalue weighted by Gasteiger charge is 2.29. The molecular weight excluding hydrogens is 364 g/mol. The molecule has 10 heteroatoms. The maximum absolute atomic E-state index is 12.7. The van der Waals surface area contributed by atoms with Crippen LogP contribution in [-0.2, 0) is 20.8 Å². The van der Waals surface area contributed by atoms with Gasteiger partial charge in [-0.2, -0.15) is 0 Å². The average molecular weight is 396 g/mol. The van der Waals surface area contributed by atoms with Crippen molar-refractivity contribution in [2.24, 2.45) is 17.4 Å². The number of H-pyrrole nitrogens is 1. The largest absolute Gasteiger partial charge is 0.480 e. The zero-order valence-corrected chi connectivity index (χ0v) is 16.5. The van der Waals surface area contributed by atoms with Crippen molar-refractivity contribution in [1.82, 2.24) is 20.6 Å². The van der Waals surface area contributed by atoms with Gasteiger partial charge in [-0.05, 0) is 31.7 Å². The van der Waals surface area contributed by atoms with Crippen LogP contribution < -0.4 is 22.1 Å². The first kappa shape index (κ1) is 23.6. The third-order valence-corrected chi connectivity index (χ3v) is 4.73. The first-order valence-electron chi connectivity index (χ1n) is 9.56. The second-order valence-electron chi connectivity index (χ2n) is 6.94. The highest BCUT2D eigenvalue weighted by molar-refractivity contribution is 5.92. The number of aromatic nitrogens is 2. The Balaban J connectivity index is 2.85. The van der Waals surface area contributed by atoms with Crippen LogP contribution in [0, 0.1) is 5.92 Å². The Labute approximate surface area is 164 Å². The summed E-state index contributed by atoms with van der Waals surface area (Å²) in [6.07, 6.45) is 5.35. The molecule has 1 rings (SSSR count). The van der Waals surface area contributed by atoms with Crippen molar-refractivity contribution in [3.05, 3.63) is 18.2 Å². The molecule has 0 aliphatic heterocycles. The quantitative estimate of drug-likeness (QED) is 0.244. The number of amides is 2. The molecule has 8 N–H and O–H groups in total. The monoisotopic (exact) mass is 396 g/mol. The van der Waals surface area contributed by atoms with Crippen molar-refractivity contribution in [1.29, 1.82) is 0 Å². The lowest BCUT2D eigenvalue weighted by atomic mass is 9.98. The topological polar surface area (TPSA) is 176 Å². The Morgan fingerprint density at radius 2 is 1.89 bits per heavy atom. The highest BCUT2D eigenvalue weighted by atomic mass is 16.4. The van der Waals surface area contributed by atoms with E-state index >= 15 is 0 Å². The third kappa shape index (κ3) is 7.65. The standard InChI is InChI=1S/C18H32N6O4/c1-3-11(2)15(20)17(26)24-14(8-12-9-21-10-22-12)16(25)23-13(18(27)28)6-4-5-7-19/h9-11,13-15H,3-8,19-20H2,1-2H3,(H,21,22)(H,23,25)(H,24,26)(H,27,28)/t11-,13-,14-,15-/m0/s1. The molecule has 1 aromatic heterocycles. The molecule has 0 unspecified atom stereocenters. The Bertz CT molecular complexity index is 622. The number of carbonyl (C=O) groups is 3. The lowest BCUT2D eigenvalue weighted by molar-refractivity contribution is -0.142. The average Bonchev–Trinajstić information content (AvgIpc) is 3.18. The summed E-state index contributed by atoms with van der Waals surface area (Å²) in [5, 5.41) is 14.5. The number of nitrogens with one attached hydrogen (secondary N) is 3. The predicted octanol–water partition coefficient (Wildman–Crippen LogP) is -0.491. The molecule has 0 aromatic carbocycles. The van der Waals surface area contributed by atoms with Crippen LogP contribution in [0.15, 0.2) is 12.5 Å². The van der Waals surface area contributed by atoms with Gasteiger partial charge in [-0.15, -0.1) is 0 Å². The Morgan fingerprint density at radius 3 is 2.43 bits per heavy atom. The number of aliphatic carboxylic acids is 1. The highest BCUT2D eigenvalue weighted by Crippen LogP contribution is 2.08. The van der Waals surface area contributed by atoms with Crippen molar-refractivity contribution in [2.75, 3.05) is 6.54 Å². The summed E-state index contributed by atoms with van der Waals surface area (Å²) in [6, 6.07) is -2.79. The SMILES string of the molecule is CC[C@H](C)[C@H](N)C(=O)N[C@@H](Cc1cnc[nH]1)C(=O)N[C@@H](CCCCN)C(=O)O. The van der Waals surface area contributed by atoms with Gasteiger partial charge in [-0.3, -0.25) is 9.59 Å². The normalized spacial score (nSPS) is 15.3. The minimum absolute atomic E-state index is 0.0566. The number of rotatable bonds is 13. The zero-order chi connectivity index (χ0) is 21.1. The molecule has 0 bridgehead atoms. The molecule has 0 aliphatic rings. The van der Waals surface area contributed by atoms with Gasteiger partial charge in [0.05, 0.1) is 12.4 Å². The van der Waals surface area contributed by atoms with Gasteiger partial charge >= 0.3 is 5.97 Å². The number of carbonyl (C=O) groups excluding carboxylic acids is 2. The second-order valence-corrected chi connectivity index (χ2v) is 6.94.